The van der Waals surface area contributed by atoms with Crippen LogP contribution in [-0.2, 0) is 4.79 Å². The molecule has 1 aliphatic carbocycles. The summed E-state index contributed by atoms with van der Waals surface area (Å²) in [6.45, 7) is 6.67. The number of hydrogen-bond acceptors (Lipinski definition) is 2. The Balaban J connectivity index is 2.26. The minimum atomic E-state index is -0.837. The number of carboxylic acids is 1. The predicted octanol–water partition coefficient (Wildman–Crippen LogP) is 2.76. The maximum absolute atomic E-state index is 11.9. The van der Waals surface area contributed by atoms with Crippen molar-refractivity contribution in [2.24, 2.45) is 11.8 Å². The molecule has 0 aromatic rings. The summed E-state index contributed by atoms with van der Waals surface area (Å²) in [6, 6.07) is -0.196. The normalized spacial score (nSPS) is 23.1. The molecule has 2 atom stereocenters. The first-order valence-electron chi connectivity index (χ1n) is 7.56. The van der Waals surface area contributed by atoms with Gasteiger partial charge >= 0.3 is 12.0 Å². The molecular formula is C15H28N2O3. The summed E-state index contributed by atoms with van der Waals surface area (Å²) in [5.74, 6) is 0.494. The highest BCUT2D eigenvalue weighted by molar-refractivity contribution is 5.74. The molecule has 1 rings (SSSR count). The van der Waals surface area contributed by atoms with Crippen molar-refractivity contribution in [3.05, 3.63) is 0 Å². The lowest BCUT2D eigenvalue weighted by Crippen LogP contribution is -2.49. The van der Waals surface area contributed by atoms with Crippen molar-refractivity contribution in [2.45, 2.75) is 64.8 Å². The molecule has 0 aliphatic heterocycles. The number of nitrogens with one attached hydrogen (secondary N) is 2. The zero-order valence-corrected chi connectivity index (χ0v) is 12.9. The standard InChI is InChI=1S/C15H28N2O3/c1-11-5-4-6-12(9-11)10-16-14(20)17-15(2,3)8-7-13(18)19/h11-12H,4-10H2,1-3H3,(H,18,19)(H2,16,17,20). The van der Waals surface area contributed by atoms with Gasteiger partial charge in [0.05, 0.1) is 0 Å². The molecule has 5 nitrogen and oxygen atoms in total. The fourth-order valence-electron chi connectivity index (χ4n) is 2.82. The molecule has 0 aromatic heterocycles. The van der Waals surface area contributed by atoms with Gasteiger partial charge in [-0.15, -0.1) is 0 Å². The summed E-state index contributed by atoms with van der Waals surface area (Å²) in [5, 5.41) is 14.4. The molecule has 1 saturated carbocycles. The second-order valence-corrected chi connectivity index (χ2v) is 6.75. The Hall–Kier alpha value is -1.26. The third kappa shape index (κ3) is 6.78. The van der Waals surface area contributed by atoms with E-state index in [1.165, 1.54) is 25.7 Å². The van der Waals surface area contributed by atoms with Crippen LogP contribution in [0.4, 0.5) is 4.79 Å². The number of hydrogen-bond donors (Lipinski definition) is 3. The van der Waals surface area contributed by atoms with Crippen LogP contribution in [0.3, 0.4) is 0 Å². The molecule has 1 fully saturated rings. The van der Waals surface area contributed by atoms with E-state index in [0.29, 0.717) is 18.9 Å². The van der Waals surface area contributed by atoms with Crippen molar-refractivity contribution in [3.8, 4) is 0 Å². The van der Waals surface area contributed by atoms with Crippen LogP contribution >= 0.6 is 0 Å². The molecule has 1 aliphatic rings. The smallest absolute Gasteiger partial charge is 0.315 e. The molecule has 0 radical (unpaired) electrons. The van der Waals surface area contributed by atoms with Crippen molar-refractivity contribution in [3.63, 3.8) is 0 Å². The number of urea groups is 1. The van der Waals surface area contributed by atoms with E-state index >= 15 is 0 Å². The van der Waals surface area contributed by atoms with Crippen molar-refractivity contribution in [1.82, 2.24) is 10.6 Å². The maximum Gasteiger partial charge on any atom is 0.315 e. The van der Waals surface area contributed by atoms with Crippen LogP contribution in [0.25, 0.3) is 0 Å². The van der Waals surface area contributed by atoms with Gasteiger partial charge in [0.2, 0.25) is 0 Å². The first-order valence-corrected chi connectivity index (χ1v) is 7.56. The van der Waals surface area contributed by atoms with Crippen LogP contribution in [0.5, 0.6) is 0 Å². The molecule has 0 heterocycles. The van der Waals surface area contributed by atoms with E-state index in [4.69, 9.17) is 5.11 Å². The topological polar surface area (TPSA) is 78.4 Å². The fourth-order valence-corrected chi connectivity index (χ4v) is 2.82. The van der Waals surface area contributed by atoms with E-state index in [0.717, 1.165) is 5.92 Å². The third-order valence-electron chi connectivity index (χ3n) is 4.01. The monoisotopic (exact) mass is 284 g/mol. The third-order valence-corrected chi connectivity index (χ3v) is 4.01. The zero-order valence-electron chi connectivity index (χ0n) is 12.9. The number of carbonyl (C=O) groups is 2. The Morgan fingerprint density at radius 2 is 2.00 bits per heavy atom. The van der Waals surface area contributed by atoms with Gasteiger partial charge in [-0.2, -0.15) is 0 Å². The largest absolute Gasteiger partial charge is 0.481 e. The Morgan fingerprint density at radius 3 is 2.60 bits per heavy atom. The summed E-state index contributed by atoms with van der Waals surface area (Å²) in [6.07, 6.45) is 5.41. The molecule has 0 saturated heterocycles. The van der Waals surface area contributed by atoms with E-state index < -0.39 is 11.5 Å². The SMILES string of the molecule is CC1CCCC(CNC(=O)NC(C)(C)CCC(=O)O)C1. The summed E-state index contributed by atoms with van der Waals surface area (Å²) in [5.41, 5.74) is -0.498. The van der Waals surface area contributed by atoms with Crippen LogP contribution in [-0.4, -0.2) is 29.2 Å². The lowest BCUT2D eigenvalue weighted by atomic mass is 9.82. The van der Waals surface area contributed by atoms with Gasteiger partial charge in [-0.3, -0.25) is 4.79 Å². The fraction of sp³-hybridized carbons (Fsp3) is 0.867. The van der Waals surface area contributed by atoms with Crippen molar-refractivity contribution in [1.29, 1.82) is 0 Å². The molecule has 5 heteroatoms. The lowest BCUT2D eigenvalue weighted by Gasteiger charge is -2.29. The van der Waals surface area contributed by atoms with Crippen LogP contribution in [0.2, 0.25) is 0 Å². The summed E-state index contributed by atoms with van der Waals surface area (Å²) in [4.78, 5) is 22.4. The quantitative estimate of drug-likeness (QED) is 0.701. The number of rotatable bonds is 6. The molecule has 116 valence electrons. The van der Waals surface area contributed by atoms with Gasteiger partial charge in [-0.05, 0) is 44.9 Å². The van der Waals surface area contributed by atoms with Gasteiger partial charge in [0.15, 0.2) is 0 Å². The second kappa shape index (κ2) is 7.50. The number of carboxylic acid groups (broad SMARTS) is 1. The Labute approximate surface area is 121 Å². The summed E-state index contributed by atoms with van der Waals surface area (Å²) < 4.78 is 0. The highest BCUT2D eigenvalue weighted by Crippen LogP contribution is 2.27. The maximum atomic E-state index is 11.9. The van der Waals surface area contributed by atoms with Crippen LogP contribution in [0.15, 0.2) is 0 Å². The van der Waals surface area contributed by atoms with E-state index in [1.807, 2.05) is 13.8 Å². The van der Waals surface area contributed by atoms with Gasteiger partial charge < -0.3 is 15.7 Å². The van der Waals surface area contributed by atoms with Crippen LogP contribution in [0, 0.1) is 11.8 Å². The summed E-state index contributed by atoms with van der Waals surface area (Å²) in [7, 11) is 0. The molecule has 0 aromatic carbocycles. The van der Waals surface area contributed by atoms with Crippen molar-refractivity contribution >= 4 is 12.0 Å². The highest BCUT2D eigenvalue weighted by Gasteiger charge is 2.23. The number of amides is 2. The van der Waals surface area contributed by atoms with Gasteiger partial charge in [0.25, 0.3) is 0 Å². The average molecular weight is 284 g/mol. The van der Waals surface area contributed by atoms with Crippen LogP contribution < -0.4 is 10.6 Å². The molecular weight excluding hydrogens is 256 g/mol. The molecule has 3 N–H and O–H groups in total. The molecule has 0 spiro atoms. The van der Waals surface area contributed by atoms with E-state index in [2.05, 4.69) is 17.6 Å². The molecule has 2 amide bonds. The second-order valence-electron chi connectivity index (χ2n) is 6.75. The number of aliphatic carboxylic acids is 1. The highest BCUT2D eigenvalue weighted by atomic mass is 16.4. The minimum absolute atomic E-state index is 0.0629. The first-order chi connectivity index (χ1) is 9.28. The Morgan fingerprint density at radius 1 is 1.30 bits per heavy atom. The van der Waals surface area contributed by atoms with E-state index in [-0.39, 0.29) is 12.5 Å². The van der Waals surface area contributed by atoms with Crippen LogP contribution in [0.1, 0.15) is 59.3 Å². The minimum Gasteiger partial charge on any atom is -0.481 e. The van der Waals surface area contributed by atoms with Crippen molar-refractivity contribution < 1.29 is 14.7 Å². The van der Waals surface area contributed by atoms with Crippen molar-refractivity contribution in [2.75, 3.05) is 6.54 Å². The first kappa shape index (κ1) is 16.8. The Kier molecular flexibility index (Phi) is 6.30. The van der Waals surface area contributed by atoms with E-state index in [1.54, 1.807) is 0 Å². The van der Waals surface area contributed by atoms with E-state index in [9.17, 15) is 9.59 Å². The molecule has 2 unspecified atom stereocenters. The zero-order chi connectivity index (χ0) is 15.2. The molecule has 20 heavy (non-hydrogen) atoms. The lowest BCUT2D eigenvalue weighted by molar-refractivity contribution is -0.137. The van der Waals surface area contributed by atoms with Gasteiger partial charge in [-0.1, -0.05) is 19.8 Å². The average Bonchev–Trinajstić information content (AvgIpc) is 2.34. The number of carbonyl (C=O) groups excluding carboxylic acids is 1. The van der Waals surface area contributed by atoms with Gasteiger partial charge in [0, 0.05) is 18.5 Å². The van der Waals surface area contributed by atoms with Gasteiger partial charge in [0.1, 0.15) is 0 Å². The summed E-state index contributed by atoms with van der Waals surface area (Å²) >= 11 is 0. The van der Waals surface area contributed by atoms with Gasteiger partial charge in [-0.25, -0.2) is 4.79 Å². The molecule has 0 bridgehead atoms. The Bertz CT molecular complexity index is 342. The predicted molar refractivity (Wildman–Crippen MR) is 78.6 cm³/mol.